The zero-order valence-electron chi connectivity index (χ0n) is 13.9. The Bertz CT molecular complexity index is 1100. The van der Waals surface area contributed by atoms with Gasteiger partial charge in [-0.15, -0.1) is 11.3 Å². The molecule has 1 N–H and O–H groups in total. The smallest absolute Gasteiger partial charge is 0.200 e. The average molecular weight is 549 g/mol. The maximum absolute atomic E-state index is 12.4. The summed E-state index contributed by atoms with van der Waals surface area (Å²) >= 11 is 14.8. The van der Waals surface area contributed by atoms with Gasteiger partial charge in [-0.2, -0.15) is 18.4 Å². The fraction of sp³-hybridized carbons (Fsp3) is 0.0556. The van der Waals surface area contributed by atoms with Crippen LogP contribution in [0.2, 0.25) is 0 Å². The van der Waals surface area contributed by atoms with E-state index in [1.807, 2.05) is 37.3 Å². The number of rotatable bonds is 5. The third-order valence-corrected chi connectivity index (χ3v) is 7.72. The SMILES string of the molecule is Cc1ccc(S(=O)(=O)NN=C(Cl)c2c(Br)sc(Br)c2-c2ccccc2)cc1. The van der Waals surface area contributed by atoms with Gasteiger partial charge >= 0.3 is 0 Å². The molecule has 3 rings (SSSR count). The number of sulfonamides is 1. The normalized spacial score (nSPS) is 12.2. The van der Waals surface area contributed by atoms with Gasteiger partial charge in [0, 0.05) is 11.1 Å². The Morgan fingerprint density at radius 1 is 1.04 bits per heavy atom. The molecule has 9 heteroatoms. The number of hydrazone groups is 1. The molecule has 0 fully saturated rings. The Hall–Kier alpha value is -1.19. The summed E-state index contributed by atoms with van der Waals surface area (Å²) in [5, 5.41) is 3.97. The largest absolute Gasteiger partial charge is 0.276 e. The van der Waals surface area contributed by atoms with Gasteiger partial charge in [0.15, 0.2) is 5.17 Å². The van der Waals surface area contributed by atoms with Crippen LogP contribution in [0.4, 0.5) is 0 Å². The van der Waals surface area contributed by atoms with Gasteiger partial charge in [0.05, 0.1) is 12.5 Å². The van der Waals surface area contributed by atoms with Crippen LogP contribution in [0, 0.1) is 6.92 Å². The first kappa shape index (κ1) is 20.5. The number of thiophene rings is 1. The van der Waals surface area contributed by atoms with E-state index in [1.54, 1.807) is 12.1 Å². The number of benzene rings is 2. The maximum atomic E-state index is 12.4. The second-order valence-electron chi connectivity index (χ2n) is 5.58. The van der Waals surface area contributed by atoms with E-state index in [0.717, 1.165) is 24.3 Å². The lowest BCUT2D eigenvalue weighted by molar-refractivity contribution is 0.584. The van der Waals surface area contributed by atoms with Crippen LogP contribution in [0.15, 0.2) is 72.2 Å². The van der Waals surface area contributed by atoms with Gasteiger partial charge in [-0.25, -0.2) is 0 Å². The molecule has 0 aliphatic carbocycles. The molecule has 3 aromatic rings. The number of nitrogens with one attached hydrogen (secondary N) is 1. The Labute approximate surface area is 183 Å². The topological polar surface area (TPSA) is 58.5 Å². The third kappa shape index (κ3) is 4.63. The number of hydrogen-bond donors (Lipinski definition) is 1. The van der Waals surface area contributed by atoms with Crippen molar-refractivity contribution in [2.24, 2.45) is 5.10 Å². The van der Waals surface area contributed by atoms with E-state index in [9.17, 15) is 8.42 Å². The second kappa shape index (κ2) is 8.45. The number of hydrogen-bond acceptors (Lipinski definition) is 4. The predicted molar refractivity (Wildman–Crippen MR) is 119 cm³/mol. The number of nitrogens with zero attached hydrogens (tertiary/aromatic N) is 1. The second-order valence-corrected chi connectivity index (χ2v) is 11.3. The van der Waals surface area contributed by atoms with Gasteiger partial charge < -0.3 is 0 Å². The summed E-state index contributed by atoms with van der Waals surface area (Å²) in [4.78, 5) is 2.33. The maximum Gasteiger partial charge on any atom is 0.276 e. The van der Waals surface area contributed by atoms with Crippen molar-refractivity contribution < 1.29 is 8.42 Å². The minimum absolute atomic E-state index is 0.0402. The van der Waals surface area contributed by atoms with Crippen molar-refractivity contribution in [2.75, 3.05) is 0 Å². The van der Waals surface area contributed by atoms with E-state index in [4.69, 9.17) is 11.6 Å². The summed E-state index contributed by atoms with van der Waals surface area (Å²) in [7, 11) is -3.81. The summed E-state index contributed by atoms with van der Waals surface area (Å²) in [6.07, 6.45) is 0. The molecule has 2 aromatic carbocycles. The monoisotopic (exact) mass is 546 g/mol. The summed E-state index contributed by atoms with van der Waals surface area (Å²) in [5.74, 6) is 0. The molecule has 0 saturated carbocycles. The van der Waals surface area contributed by atoms with E-state index < -0.39 is 10.0 Å². The van der Waals surface area contributed by atoms with Crippen LogP contribution in [0.3, 0.4) is 0 Å². The van der Waals surface area contributed by atoms with E-state index in [0.29, 0.717) is 5.56 Å². The minimum Gasteiger partial charge on any atom is -0.200 e. The summed E-state index contributed by atoms with van der Waals surface area (Å²) in [5.41, 5.74) is 3.37. The van der Waals surface area contributed by atoms with Crippen LogP contribution in [-0.4, -0.2) is 13.6 Å². The van der Waals surface area contributed by atoms with Crippen molar-refractivity contribution in [2.45, 2.75) is 11.8 Å². The van der Waals surface area contributed by atoms with Gasteiger partial charge in [-0.05, 0) is 56.5 Å². The Morgan fingerprint density at radius 2 is 1.67 bits per heavy atom. The number of halogens is 3. The van der Waals surface area contributed by atoms with Crippen LogP contribution in [0.1, 0.15) is 11.1 Å². The lowest BCUT2D eigenvalue weighted by atomic mass is 10.1. The molecule has 1 aromatic heterocycles. The van der Waals surface area contributed by atoms with Gasteiger partial charge in [0.1, 0.15) is 0 Å². The molecule has 140 valence electrons. The lowest BCUT2D eigenvalue weighted by Crippen LogP contribution is -2.19. The molecule has 4 nitrogen and oxygen atoms in total. The Kier molecular flexibility index (Phi) is 6.43. The van der Waals surface area contributed by atoms with E-state index >= 15 is 0 Å². The van der Waals surface area contributed by atoms with Crippen molar-refractivity contribution in [1.82, 2.24) is 4.83 Å². The third-order valence-electron chi connectivity index (χ3n) is 3.69. The molecule has 0 aliphatic rings. The highest BCUT2D eigenvalue weighted by molar-refractivity contribution is 9.12. The van der Waals surface area contributed by atoms with E-state index in [-0.39, 0.29) is 10.1 Å². The van der Waals surface area contributed by atoms with E-state index in [2.05, 4.69) is 41.8 Å². The first-order chi connectivity index (χ1) is 12.8. The molecule has 27 heavy (non-hydrogen) atoms. The standard InChI is InChI=1S/C18H13Br2ClN2O2S2/c1-11-7-9-13(10-8-11)27(24,25)23-22-18(21)15-14(16(19)26-17(15)20)12-5-3-2-4-6-12/h2-10,23H,1H3. The van der Waals surface area contributed by atoms with Gasteiger partial charge in [0.25, 0.3) is 10.0 Å². The molecule has 0 bridgehead atoms. The molecular formula is C18H13Br2ClN2O2S2. The Morgan fingerprint density at radius 3 is 2.30 bits per heavy atom. The molecule has 0 saturated heterocycles. The van der Waals surface area contributed by atoms with Crippen molar-refractivity contribution >= 4 is 70.0 Å². The molecule has 0 atom stereocenters. The zero-order chi connectivity index (χ0) is 19.6. The van der Waals surface area contributed by atoms with Gasteiger partial charge in [-0.1, -0.05) is 59.6 Å². The first-order valence-corrected chi connectivity index (χ1v) is 11.9. The summed E-state index contributed by atoms with van der Waals surface area (Å²) in [6, 6.07) is 16.1. The average Bonchev–Trinajstić information content (AvgIpc) is 2.95. The van der Waals surface area contributed by atoms with Crippen LogP contribution in [-0.2, 0) is 10.0 Å². The predicted octanol–water partition coefficient (Wildman–Crippen LogP) is 6.13. The molecular weight excluding hydrogens is 536 g/mol. The van der Waals surface area contributed by atoms with Crippen molar-refractivity contribution in [3.05, 3.63) is 73.3 Å². The van der Waals surface area contributed by atoms with E-state index in [1.165, 1.54) is 23.5 Å². The highest BCUT2D eigenvalue weighted by Gasteiger charge is 2.21. The molecule has 0 radical (unpaired) electrons. The summed E-state index contributed by atoms with van der Waals surface area (Å²) in [6.45, 7) is 1.88. The molecule has 0 aliphatic heterocycles. The highest BCUT2D eigenvalue weighted by atomic mass is 79.9. The molecule has 0 unspecified atom stereocenters. The van der Waals surface area contributed by atoms with Gasteiger partial charge in [0.2, 0.25) is 0 Å². The molecule has 0 spiro atoms. The van der Waals surface area contributed by atoms with Crippen LogP contribution in [0.5, 0.6) is 0 Å². The van der Waals surface area contributed by atoms with Crippen molar-refractivity contribution in [1.29, 1.82) is 0 Å². The summed E-state index contributed by atoms with van der Waals surface area (Å²) < 4.78 is 26.5. The zero-order valence-corrected chi connectivity index (χ0v) is 19.5. The number of aryl methyl sites for hydroxylation is 1. The molecule has 1 heterocycles. The fourth-order valence-electron chi connectivity index (χ4n) is 2.35. The highest BCUT2D eigenvalue weighted by Crippen LogP contribution is 2.44. The fourth-order valence-corrected chi connectivity index (χ4v) is 6.83. The van der Waals surface area contributed by atoms with Crippen LogP contribution >= 0.6 is 54.8 Å². The van der Waals surface area contributed by atoms with Crippen molar-refractivity contribution in [3.8, 4) is 11.1 Å². The molecule has 0 amide bonds. The van der Waals surface area contributed by atoms with Crippen LogP contribution < -0.4 is 4.83 Å². The first-order valence-electron chi connectivity index (χ1n) is 7.65. The van der Waals surface area contributed by atoms with Crippen LogP contribution in [0.25, 0.3) is 11.1 Å². The minimum atomic E-state index is -3.81. The van der Waals surface area contributed by atoms with Gasteiger partial charge in [-0.3, -0.25) is 0 Å². The van der Waals surface area contributed by atoms with Crippen molar-refractivity contribution in [3.63, 3.8) is 0 Å². The quantitative estimate of drug-likeness (QED) is 0.308. The lowest BCUT2D eigenvalue weighted by Gasteiger charge is -2.07. The Balaban J connectivity index is 1.97.